The third kappa shape index (κ3) is 3.89. The van der Waals surface area contributed by atoms with Crippen molar-refractivity contribution in [1.82, 2.24) is 0 Å². The fourth-order valence-corrected chi connectivity index (χ4v) is 1.85. The molecule has 1 rings (SSSR count). The summed E-state index contributed by atoms with van der Waals surface area (Å²) in [6.07, 6.45) is 0.455. The second-order valence-electron chi connectivity index (χ2n) is 3.84. The van der Waals surface area contributed by atoms with Gasteiger partial charge in [-0.15, -0.1) is 0 Å². The molecule has 100 valence electrons. The van der Waals surface area contributed by atoms with E-state index in [1.807, 2.05) is 6.07 Å². The molecule has 0 saturated heterocycles. The van der Waals surface area contributed by atoms with E-state index in [1.54, 1.807) is 26.4 Å². The summed E-state index contributed by atoms with van der Waals surface area (Å²) in [4.78, 5) is 11.3. The normalized spacial score (nSPS) is 12.0. The first-order valence-corrected chi connectivity index (χ1v) is 5.89. The Kier molecular flexibility index (Phi) is 5.95. The lowest BCUT2D eigenvalue weighted by atomic mass is 10.00. The zero-order valence-corrected chi connectivity index (χ0v) is 11.5. The van der Waals surface area contributed by atoms with Crippen LogP contribution in [0.3, 0.4) is 0 Å². The van der Waals surface area contributed by atoms with Crippen molar-refractivity contribution in [2.45, 2.75) is 6.42 Å². The first-order chi connectivity index (χ1) is 8.62. The third-order valence-corrected chi connectivity index (χ3v) is 2.95. The molecule has 0 amide bonds. The number of carbonyl (C=O) groups is 1. The van der Waals surface area contributed by atoms with E-state index in [2.05, 4.69) is 0 Å². The molecule has 4 nitrogen and oxygen atoms in total. The Morgan fingerprint density at radius 2 is 2.00 bits per heavy atom. The van der Waals surface area contributed by atoms with E-state index in [0.717, 1.165) is 5.56 Å². The number of carbonyl (C=O) groups excluding carboxylic acids is 1. The topological polar surface area (TPSA) is 44.8 Å². The molecule has 0 fully saturated rings. The maximum atomic E-state index is 11.3. The number of rotatable bonds is 7. The molecule has 0 aromatic heterocycles. The van der Waals surface area contributed by atoms with Crippen molar-refractivity contribution >= 4 is 16.8 Å². The van der Waals surface area contributed by atoms with Crippen LogP contribution in [-0.2, 0) is 16.0 Å². The highest BCUT2D eigenvalue weighted by Gasteiger charge is 2.19. The van der Waals surface area contributed by atoms with Crippen LogP contribution in [0.15, 0.2) is 18.2 Å². The van der Waals surface area contributed by atoms with Crippen LogP contribution < -0.4 is 9.47 Å². The van der Waals surface area contributed by atoms with Crippen LogP contribution >= 0.6 is 11.6 Å². The molecule has 0 radical (unpaired) electrons. The van der Waals surface area contributed by atoms with Gasteiger partial charge in [-0.3, -0.25) is 4.79 Å². The summed E-state index contributed by atoms with van der Waals surface area (Å²) in [6, 6.07) is 5.44. The number of hydrogen-bond donors (Lipinski definition) is 0. The van der Waals surface area contributed by atoms with Crippen molar-refractivity contribution in [1.29, 1.82) is 0 Å². The van der Waals surface area contributed by atoms with E-state index >= 15 is 0 Å². The molecule has 0 saturated carbocycles. The molecule has 1 aromatic carbocycles. The van der Waals surface area contributed by atoms with Gasteiger partial charge in [0.2, 0.25) is 5.24 Å². The van der Waals surface area contributed by atoms with Crippen LogP contribution in [0.25, 0.3) is 0 Å². The zero-order valence-electron chi connectivity index (χ0n) is 10.7. The zero-order chi connectivity index (χ0) is 13.5. The first-order valence-electron chi connectivity index (χ1n) is 5.51. The van der Waals surface area contributed by atoms with Gasteiger partial charge in [-0.05, 0) is 41.8 Å². The van der Waals surface area contributed by atoms with Gasteiger partial charge in [0.05, 0.1) is 26.7 Å². The number of hydrogen-bond acceptors (Lipinski definition) is 4. The number of ether oxygens (including phenoxy) is 3. The molecule has 5 heteroatoms. The van der Waals surface area contributed by atoms with Crippen molar-refractivity contribution in [3.8, 4) is 11.5 Å². The highest BCUT2D eigenvalue weighted by molar-refractivity contribution is 6.64. The maximum absolute atomic E-state index is 11.3. The molecule has 0 aliphatic carbocycles. The molecule has 1 aromatic rings. The van der Waals surface area contributed by atoms with E-state index < -0.39 is 11.2 Å². The fourth-order valence-electron chi connectivity index (χ4n) is 1.71. The largest absolute Gasteiger partial charge is 0.497 e. The summed E-state index contributed by atoms with van der Waals surface area (Å²) in [5.41, 5.74) is 0.868. The van der Waals surface area contributed by atoms with Crippen LogP contribution in [0.1, 0.15) is 5.56 Å². The monoisotopic (exact) mass is 272 g/mol. The molecule has 1 unspecified atom stereocenters. The molecular weight excluding hydrogens is 256 g/mol. The van der Waals surface area contributed by atoms with Gasteiger partial charge in [0.1, 0.15) is 11.5 Å². The van der Waals surface area contributed by atoms with Crippen LogP contribution in [0.5, 0.6) is 11.5 Å². The molecule has 1 atom stereocenters. The molecule has 0 aliphatic heterocycles. The van der Waals surface area contributed by atoms with Gasteiger partial charge in [0.25, 0.3) is 0 Å². The highest BCUT2D eigenvalue weighted by atomic mass is 35.5. The maximum Gasteiger partial charge on any atom is 0.227 e. The summed E-state index contributed by atoms with van der Waals surface area (Å²) >= 11 is 5.55. The van der Waals surface area contributed by atoms with E-state index in [-0.39, 0.29) is 6.61 Å². The van der Waals surface area contributed by atoms with Crippen LogP contribution in [0, 0.1) is 5.92 Å². The van der Waals surface area contributed by atoms with E-state index in [9.17, 15) is 4.79 Å². The van der Waals surface area contributed by atoms with Crippen LogP contribution in [0.4, 0.5) is 0 Å². The molecule has 0 bridgehead atoms. The quantitative estimate of drug-likeness (QED) is 0.715. The predicted molar refractivity (Wildman–Crippen MR) is 69.5 cm³/mol. The molecular formula is C13H17ClO4. The van der Waals surface area contributed by atoms with Gasteiger partial charge < -0.3 is 14.2 Å². The molecule has 0 N–H and O–H groups in total. The Labute approximate surface area is 112 Å². The van der Waals surface area contributed by atoms with Crippen molar-refractivity contribution in [3.05, 3.63) is 23.8 Å². The van der Waals surface area contributed by atoms with Crippen LogP contribution in [0.2, 0.25) is 0 Å². The average molecular weight is 273 g/mol. The second kappa shape index (κ2) is 7.24. The lowest BCUT2D eigenvalue weighted by molar-refractivity contribution is -0.116. The van der Waals surface area contributed by atoms with Crippen molar-refractivity contribution < 1.29 is 19.0 Å². The number of benzene rings is 1. The van der Waals surface area contributed by atoms with Crippen molar-refractivity contribution in [3.63, 3.8) is 0 Å². The lowest BCUT2D eigenvalue weighted by Crippen LogP contribution is -2.18. The van der Waals surface area contributed by atoms with Crippen molar-refractivity contribution in [2.24, 2.45) is 5.92 Å². The molecule has 0 heterocycles. The fraction of sp³-hybridized carbons (Fsp3) is 0.462. The summed E-state index contributed by atoms with van der Waals surface area (Å²) in [5.74, 6) is 1.02. The minimum absolute atomic E-state index is 0.280. The predicted octanol–water partition coefficient (Wildman–Crippen LogP) is 2.27. The van der Waals surface area contributed by atoms with E-state index in [0.29, 0.717) is 17.9 Å². The van der Waals surface area contributed by atoms with Gasteiger partial charge in [0.15, 0.2) is 0 Å². The third-order valence-electron chi connectivity index (χ3n) is 2.64. The summed E-state index contributed by atoms with van der Waals surface area (Å²) in [7, 11) is 4.71. The average Bonchev–Trinajstić information content (AvgIpc) is 2.37. The number of halogens is 1. The Balaban J connectivity index is 2.95. The Hall–Kier alpha value is -1.26. The standard InChI is InChI=1S/C13H17ClO4/c1-16-8-10(13(14)15)6-9-7-11(17-2)4-5-12(9)18-3/h4-5,7,10H,6,8H2,1-3H3. The highest BCUT2D eigenvalue weighted by Crippen LogP contribution is 2.27. The van der Waals surface area contributed by atoms with Gasteiger partial charge in [-0.2, -0.15) is 0 Å². The van der Waals surface area contributed by atoms with Crippen molar-refractivity contribution in [2.75, 3.05) is 27.9 Å². The SMILES string of the molecule is COCC(Cc1cc(OC)ccc1OC)C(=O)Cl. The minimum atomic E-state index is -0.415. The van der Waals surface area contributed by atoms with Gasteiger partial charge in [0, 0.05) is 7.11 Å². The lowest BCUT2D eigenvalue weighted by Gasteiger charge is -2.15. The van der Waals surface area contributed by atoms with E-state index in [1.165, 1.54) is 7.11 Å². The first kappa shape index (κ1) is 14.8. The van der Waals surface area contributed by atoms with Crippen LogP contribution in [-0.4, -0.2) is 33.2 Å². The summed E-state index contributed by atoms with van der Waals surface area (Å²) in [6.45, 7) is 0.280. The Bertz CT molecular complexity index is 406. The molecule has 0 aliphatic rings. The Morgan fingerprint density at radius 1 is 1.28 bits per heavy atom. The summed E-state index contributed by atoms with van der Waals surface area (Å²) in [5, 5.41) is -0.415. The molecule has 0 spiro atoms. The second-order valence-corrected chi connectivity index (χ2v) is 4.21. The van der Waals surface area contributed by atoms with E-state index in [4.69, 9.17) is 25.8 Å². The van der Waals surface area contributed by atoms with Gasteiger partial charge in [-0.25, -0.2) is 0 Å². The molecule has 18 heavy (non-hydrogen) atoms. The smallest absolute Gasteiger partial charge is 0.227 e. The number of methoxy groups -OCH3 is 3. The van der Waals surface area contributed by atoms with Gasteiger partial charge in [-0.1, -0.05) is 0 Å². The van der Waals surface area contributed by atoms with Gasteiger partial charge >= 0.3 is 0 Å². The minimum Gasteiger partial charge on any atom is -0.497 e. The Morgan fingerprint density at radius 3 is 2.50 bits per heavy atom. The summed E-state index contributed by atoms with van der Waals surface area (Å²) < 4.78 is 15.4.